The lowest BCUT2D eigenvalue weighted by Gasteiger charge is -2.28. The maximum absolute atomic E-state index is 6.05. The minimum absolute atomic E-state index is 0.356. The number of pyridine rings is 1. The lowest BCUT2D eigenvalue weighted by molar-refractivity contribution is 0.319. The van der Waals surface area contributed by atoms with E-state index in [4.69, 9.17) is 23.2 Å². The van der Waals surface area contributed by atoms with E-state index in [1.54, 1.807) is 6.20 Å². The highest BCUT2D eigenvalue weighted by Gasteiger charge is 2.21. The smallest absolute Gasteiger partial charge is 0.147 e. The molecule has 3 rings (SSSR count). The number of aromatic nitrogens is 1. The summed E-state index contributed by atoms with van der Waals surface area (Å²) in [5, 5.41) is 0.857. The van der Waals surface area contributed by atoms with Crippen molar-refractivity contribution in [2.75, 3.05) is 0 Å². The van der Waals surface area contributed by atoms with Crippen LogP contribution >= 0.6 is 23.2 Å². The molecule has 1 aromatic carbocycles. The summed E-state index contributed by atoms with van der Waals surface area (Å²) in [5.74, 6) is 1.67. The maximum Gasteiger partial charge on any atom is 0.147 e. The Morgan fingerprint density at radius 2 is 1.68 bits per heavy atom. The Balaban J connectivity index is 1.74. The van der Waals surface area contributed by atoms with Crippen LogP contribution in [-0.4, -0.2) is 4.98 Å². The van der Waals surface area contributed by atoms with Crippen molar-refractivity contribution >= 4 is 23.2 Å². The summed E-state index contributed by atoms with van der Waals surface area (Å²) in [7, 11) is 0. The van der Waals surface area contributed by atoms with Crippen molar-refractivity contribution in [2.24, 2.45) is 5.92 Å². The van der Waals surface area contributed by atoms with Crippen LogP contribution in [-0.2, 0) is 0 Å². The van der Waals surface area contributed by atoms with Crippen molar-refractivity contribution in [2.45, 2.75) is 44.9 Å². The van der Waals surface area contributed by atoms with Crippen LogP contribution in [0.5, 0.6) is 0 Å². The van der Waals surface area contributed by atoms with E-state index in [1.807, 2.05) is 6.07 Å². The van der Waals surface area contributed by atoms with Crippen molar-refractivity contribution in [3.63, 3.8) is 0 Å². The Labute approximate surface area is 142 Å². The van der Waals surface area contributed by atoms with Gasteiger partial charge in [-0.2, -0.15) is 0 Å². The van der Waals surface area contributed by atoms with Crippen LogP contribution in [0.25, 0.3) is 11.1 Å². The third-order valence-corrected chi connectivity index (χ3v) is 5.62. The van der Waals surface area contributed by atoms with Crippen LogP contribution in [0.15, 0.2) is 36.5 Å². The second-order valence-corrected chi connectivity index (χ2v) is 7.01. The number of benzene rings is 1. The van der Waals surface area contributed by atoms with Crippen LogP contribution in [0.3, 0.4) is 0 Å². The summed E-state index contributed by atoms with van der Waals surface area (Å²) in [6.45, 7) is 2.31. The summed E-state index contributed by atoms with van der Waals surface area (Å²) in [4.78, 5) is 4.12. The first-order valence-electron chi connectivity index (χ1n) is 8.08. The van der Waals surface area contributed by atoms with Gasteiger partial charge in [-0.25, -0.2) is 4.98 Å². The molecular formula is C19H21Cl2N. The molecule has 0 N–H and O–H groups in total. The quantitative estimate of drug-likeness (QED) is 0.566. The second-order valence-electron chi connectivity index (χ2n) is 6.24. The molecule has 116 valence electrons. The summed E-state index contributed by atoms with van der Waals surface area (Å²) in [5.41, 5.74) is 3.61. The van der Waals surface area contributed by atoms with Gasteiger partial charge in [0, 0.05) is 11.8 Å². The van der Waals surface area contributed by atoms with Gasteiger partial charge in [0.2, 0.25) is 0 Å². The summed E-state index contributed by atoms with van der Waals surface area (Å²) in [6.07, 6.45) is 8.50. The Kier molecular flexibility index (Phi) is 5.05. The predicted molar refractivity (Wildman–Crippen MR) is 94.7 cm³/mol. The van der Waals surface area contributed by atoms with Gasteiger partial charge in [0.25, 0.3) is 0 Å². The van der Waals surface area contributed by atoms with Gasteiger partial charge >= 0.3 is 0 Å². The first-order chi connectivity index (χ1) is 10.7. The Bertz CT molecular complexity index is 628. The molecule has 0 atom stereocenters. The van der Waals surface area contributed by atoms with E-state index in [0.717, 1.165) is 23.0 Å². The van der Waals surface area contributed by atoms with Crippen LogP contribution in [0.4, 0.5) is 0 Å². The van der Waals surface area contributed by atoms with Gasteiger partial charge in [-0.05, 0) is 54.7 Å². The van der Waals surface area contributed by atoms with Crippen LogP contribution in [0, 0.1) is 5.92 Å². The van der Waals surface area contributed by atoms with Gasteiger partial charge in [-0.15, -0.1) is 0 Å². The molecule has 1 aliphatic carbocycles. The molecule has 0 unspecified atom stereocenters. The van der Waals surface area contributed by atoms with Gasteiger partial charge in [0.05, 0.1) is 5.02 Å². The van der Waals surface area contributed by atoms with Crippen molar-refractivity contribution in [1.29, 1.82) is 0 Å². The van der Waals surface area contributed by atoms with Crippen molar-refractivity contribution in [1.82, 2.24) is 4.98 Å². The van der Waals surface area contributed by atoms with Gasteiger partial charge < -0.3 is 0 Å². The lowest BCUT2D eigenvalue weighted by Crippen LogP contribution is -2.12. The van der Waals surface area contributed by atoms with E-state index < -0.39 is 0 Å². The molecule has 1 aromatic heterocycles. The molecule has 1 fully saturated rings. The fourth-order valence-corrected chi connectivity index (χ4v) is 3.70. The van der Waals surface area contributed by atoms with Crippen LogP contribution in [0.2, 0.25) is 10.2 Å². The lowest BCUT2D eigenvalue weighted by atomic mass is 9.78. The van der Waals surface area contributed by atoms with Crippen LogP contribution < -0.4 is 0 Å². The zero-order chi connectivity index (χ0) is 15.5. The molecule has 22 heavy (non-hydrogen) atoms. The summed E-state index contributed by atoms with van der Waals surface area (Å²) < 4.78 is 0. The maximum atomic E-state index is 6.05. The fraction of sp³-hybridized carbons (Fsp3) is 0.421. The zero-order valence-corrected chi connectivity index (χ0v) is 14.4. The topological polar surface area (TPSA) is 12.9 Å². The molecule has 0 amide bonds. The molecule has 1 aliphatic rings. The molecule has 1 heterocycles. The van der Waals surface area contributed by atoms with Gasteiger partial charge in [0.1, 0.15) is 5.15 Å². The zero-order valence-electron chi connectivity index (χ0n) is 12.9. The number of hydrogen-bond donors (Lipinski definition) is 0. The van der Waals surface area contributed by atoms with Gasteiger partial charge in [-0.1, -0.05) is 60.8 Å². The Morgan fingerprint density at radius 3 is 2.27 bits per heavy atom. The molecular weight excluding hydrogens is 313 g/mol. The first-order valence-corrected chi connectivity index (χ1v) is 8.84. The van der Waals surface area contributed by atoms with E-state index in [0.29, 0.717) is 10.2 Å². The van der Waals surface area contributed by atoms with E-state index in [1.165, 1.54) is 37.7 Å². The molecule has 0 radical (unpaired) electrons. The highest BCUT2D eigenvalue weighted by atomic mass is 35.5. The van der Waals surface area contributed by atoms with E-state index in [9.17, 15) is 0 Å². The molecule has 1 saturated carbocycles. The molecule has 2 aromatic rings. The average Bonchev–Trinajstić information content (AvgIpc) is 2.58. The monoisotopic (exact) mass is 333 g/mol. The van der Waals surface area contributed by atoms with Gasteiger partial charge in [0.15, 0.2) is 0 Å². The predicted octanol–water partition coefficient (Wildman–Crippen LogP) is 6.74. The van der Waals surface area contributed by atoms with E-state index in [-0.39, 0.29) is 0 Å². The molecule has 0 aliphatic heterocycles. The molecule has 0 bridgehead atoms. The van der Waals surface area contributed by atoms with Crippen molar-refractivity contribution in [3.05, 3.63) is 52.3 Å². The third-order valence-electron chi connectivity index (χ3n) is 4.94. The highest BCUT2D eigenvalue weighted by molar-refractivity contribution is 6.41. The largest absolute Gasteiger partial charge is 0.242 e. The molecule has 0 spiro atoms. The van der Waals surface area contributed by atoms with Gasteiger partial charge in [-0.3, -0.25) is 0 Å². The van der Waals surface area contributed by atoms with E-state index >= 15 is 0 Å². The van der Waals surface area contributed by atoms with Crippen LogP contribution in [0.1, 0.15) is 50.5 Å². The second kappa shape index (κ2) is 7.02. The molecule has 3 heteroatoms. The Morgan fingerprint density at radius 1 is 1.00 bits per heavy atom. The van der Waals surface area contributed by atoms with Crippen molar-refractivity contribution in [3.8, 4) is 11.1 Å². The number of halogens is 2. The SMILES string of the molecule is CC[C@H]1CC[C@H](c2ccc(-c3cnc(Cl)c(Cl)c3)cc2)CC1. The first kappa shape index (κ1) is 15.8. The van der Waals surface area contributed by atoms with Crippen molar-refractivity contribution < 1.29 is 0 Å². The average molecular weight is 334 g/mol. The highest BCUT2D eigenvalue weighted by Crippen LogP contribution is 2.37. The Hall–Kier alpha value is -1.05. The summed E-state index contributed by atoms with van der Waals surface area (Å²) >= 11 is 11.9. The minimum Gasteiger partial charge on any atom is -0.242 e. The molecule has 0 saturated heterocycles. The third kappa shape index (κ3) is 3.47. The van der Waals surface area contributed by atoms with E-state index in [2.05, 4.69) is 36.2 Å². The summed E-state index contributed by atoms with van der Waals surface area (Å²) in [6, 6.07) is 10.7. The normalized spacial score (nSPS) is 21.8. The standard InChI is InChI=1S/C19H21Cl2N/c1-2-13-3-5-14(6-4-13)15-7-9-16(10-8-15)17-11-18(20)19(21)22-12-17/h7-14H,2-6H2,1H3/t13-,14-. The fourth-order valence-electron chi connectivity index (χ4n) is 3.43. The molecule has 1 nitrogen and oxygen atoms in total. The minimum atomic E-state index is 0.356. The number of rotatable bonds is 3. The number of hydrogen-bond acceptors (Lipinski definition) is 1. The number of nitrogens with zero attached hydrogens (tertiary/aromatic N) is 1.